The van der Waals surface area contributed by atoms with Crippen LogP contribution in [0.4, 0.5) is 25.8 Å². The van der Waals surface area contributed by atoms with Crippen LogP contribution in [0.3, 0.4) is 0 Å². The minimum absolute atomic E-state index is 0.107. The monoisotopic (exact) mass is 394 g/mol. The molecule has 3 aromatic rings. The van der Waals surface area contributed by atoms with Crippen LogP contribution in [-0.2, 0) is 0 Å². The van der Waals surface area contributed by atoms with Gasteiger partial charge in [-0.3, -0.25) is 9.78 Å². The first-order chi connectivity index (χ1) is 14.1. The smallest absolute Gasteiger partial charge is 0.274 e. The summed E-state index contributed by atoms with van der Waals surface area (Å²) in [6, 6.07) is 17.1. The summed E-state index contributed by atoms with van der Waals surface area (Å²) in [7, 11) is 0. The molecule has 2 aromatic carbocycles. The minimum Gasteiger partial charge on any atom is -0.368 e. The average molecular weight is 394 g/mol. The van der Waals surface area contributed by atoms with Gasteiger partial charge < -0.3 is 15.1 Å². The van der Waals surface area contributed by atoms with E-state index in [-0.39, 0.29) is 5.69 Å². The van der Waals surface area contributed by atoms with Gasteiger partial charge in [0, 0.05) is 43.8 Å². The van der Waals surface area contributed by atoms with Crippen LogP contribution < -0.4 is 15.1 Å². The highest BCUT2D eigenvalue weighted by Gasteiger charge is 2.19. The number of aromatic nitrogens is 1. The number of para-hydroxylation sites is 2. The number of halogens is 2. The highest BCUT2D eigenvalue weighted by atomic mass is 19.1. The summed E-state index contributed by atoms with van der Waals surface area (Å²) < 4.78 is 27.6. The number of hydrogen-bond donors (Lipinski definition) is 1. The van der Waals surface area contributed by atoms with Crippen molar-refractivity contribution in [1.82, 2.24) is 4.98 Å². The molecule has 1 saturated heterocycles. The molecule has 0 atom stereocenters. The number of hydrogen-bond acceptors (Lipinski definition) is 4. The number of rotatable bonds is 4. The maximum atomic E-state index is 13.8. The van der Waals surface area contributed by atoms with E-state index in [1.165, 1.54) is 18.0 Å². The second-order valence-corrected chi connectivity index (χ2v) is 6.76. The Hall–Kier alpha value is -3.48. The molecule has 148 valence electrons. The molecule has 1 fully saturated rings. The van der Waals surface area contributed by atoms with Crippen LogP contribution in [0, 0.1) is 11.6 Å². The van der Waals surface area contributed by atoms with E-state index in [1.807, 2.05) is 24.3 Å². The number of nitrogens with zero attached hydrogens (tertiary/aromatic N) is 3. The third-order valence-corrected chi connectivity index (χ3v) is 4.94. The first kappa shape index (κ1) is 18.9. The second kappa shape index (κ2) is 8.26. The van der Waals surface area contributed by atoms with E-state index in [0.717, 1.165) is 44.0 Å². The Morgan fingerprint density at radius 2 is 1.45 bits per heavy atom. The standard InChI is InChI=1S/C22H20F2N4O/c23-18-7-4-8-19(24)21(18)26-22(29)20-15-17(9-10-25-20)28-13-11-27(12-14-28)16-5-2-1-3-6-16/h1-10,15H,11-14H2,(H,26,29). The van der Waals surface area contributed by atoms with Gasteiger partial charge in [-0.1, -0.05) is 24.3 Å². The molecule has 1 amide bonds. The molecule has 0 saturated carbocycles. The van der Waals surface area contributed by atoms with E-state index in [9.17, 15) is 13.6 Å². The van der Waals surface area contributed by atoms with Gasteiger partial charge in [-0.2, -0.15) is 0 Å². The van der Waals surface area contributed by atoms with Gasteiger partial charge in [-0.05, 0) is 36.4 Å². The third kappa shape index (κ3) is 4.18. The van der Waals surface area contributed by atoms with Crippen molar-refractivity contribution in [2.75, 3.05) is 41.3 Å². The molecule has 0 aliphatic carbocycles. The molecule has 0 radical (unpaired) electrons. The molecule has 0 spiro atoms. The van der Waals surface area contributed by atoms with Gasteiger partial charge in [0.1, 0.15) is 23.0 Å². The molecular weight excluding hydrogens is 374 g/mol. The Labute approximate surface area is 167 Å². The molecule has 1 aromatic heterocycles. The molecule has 4 rings (SSSR count). The summed E-state index contributed by atoms with van der Waals surface area (Å²) in [5, 5.41) is 2.28. The average Bonchev–Trinajstić information content (AvgIpc) is 2.77. The number of anilines is 3. The van der Waals surface area contributed by atoms with E-state index in [2.05, 4.69) is 32.2 Å². The van der Waals surface area contributed by atoms with Crippen LogP contribution in [-0.4, -0.2) is 37.1 Å². The predicted octanol–water partition coefficient (Wildman–Crippen LogP) is 3.94. The molecular formula is C22H20F2N4O. The Kier molecular flexibility index (Phi) is 5.37. The first-order valence-electron chi connectivity index (χ1n) is 9.38. The Bertz CT molecular complexity index is 984. The van der Waals surface area contributed by atoms with E-state index >= 15 is 0 Å². The van der Waals surface area contributed by atoms with Crippen LogP contribution in [0.25, 0.3) is 0 Å². The number of carbonyl (C=O) groups excluding carboxylic acids is 1. The van der Waals surface area contributed by atoms with Crippen molar-refractivity contribution in [2.24, 2.45) is 0 Å². The van der Waals surface area contributed by atoms with Gasteiger partial charge in [0.25, 0.3) is 5.91 Å². The molecule has 1 N–H and O–H groups in total. The van der Waals surface area contributed by atoms with E-state index in [0.29, 0.717) is 0 Å². The lowest BCUT2D eigenvalue weighted by atomic mass is 10.2. The van der Waals surface area contributed by atoms with Gasteiger partial charge >= 0.3 is 0 Å². The van der Waals surface area contributed by atoms with Crippen molar-refractivity contribution in [3.05, 3.63) is 84.2 Å². The van der Waals surface area contributed by atoms with Crippen LogP contribution in [0.1, 0.15) is 10.5 Å². The first-order valence-corrected chi connectivity index (χ1v) is 9.38. The van der Waals surface area contributed by atoms with Crippen molar-refractivity contribution in [1.29, 1.82) is 0 Å². The van der Waals surface area contributed by atoms with Crippen LogP contribution in [0.5, 0.6) is 0 Å². The highest BCUT2D eigenvalue weighted by Crippen LogP contribution is 2.22. The van der Waals surface area contributed by atoms with Crippen LogP contribution in [0.15, 0.2) is 66.9 Å². The zero-order valence-electron chi connectivity index (χ0n) is 15.7. The van der Waals surface area contributed by atoms with Crippen molar-refractivity contribution < 1.29 is 13.6 Å². The number of nitrogens with one attached hydrogen (secondary N) is 1. The lowest BCUT2D eigenvalue weighted by Crippen LogP contribution is -2.46. The van der Waals surface area contributed by atoms with Crippen molar-refractivity contribution in [3.8, 4) is 0 Å². The van der Waals surface area contributed by atoms with Crippen molar-refractivity contribution >= 4 is 23.0 Å². The zero-order valence-corrected chi connectivity index (χ0v) is 15.7. The SMILES string of the molecule is O=C(Nc1c(F)cccc1F)c1cc(N2CCN(c3ccccc3)CC2)ccn1. The van der Waals surface area contributed by atoms with Gasteiger partial charge in [0.2, 0.25) is 0 Å². The zero-order chi connectivity index (χ0) is 20.2. The van der Waals surface area contributed by atoms with Gasteiger partial charge in [0.15, 0.2) is 0 Å². The van der Waals surface area contributed by atoms with Crippen molar-refractivity contribution in [2.45, 2.75) is 0 Å². The lowest BCUT2D eigenvalue weighted by Gasteiger charge is -2.37. The summed E-state index contributed by atoms with van der Waals surface area (Å²) in [6.45, 7) is 3.30. The molecule has 0 bridgehead atoms. The van der Waals surface area contributed by atoms with Crippen LogP contribution in [0.2, 0.25) is 0 Å². The summed E-state index contributed by atoms with van der Waals surface area (Å²) in [5.74, 6) is -2.31. The molecule has 2 heterocycles. The van der Waals surface area contributed by atoms with Gasteiger partial charge in [-0.25, -0.2) is 8.78 Å². The Morgan fingerprint density at radius 1 is 0.828 bits per heavy atom. The summed E-state index contributed by atoms with van der Waals surface area (Å²) in [4.78, 5) is 21.0. The molecule has 1 aliphatic heterocycles. The Balaban J connectivity index is 1.44. The Morgan fingerprint density at radius 3 is 2.10 bits per heavy atom. The molecule has 29 heavy (non-hydrogen) atoms. The number of carbonyl (C=O) groups is 1. The second-order valence-electron chi connectivity index (χ2n) is 6.76. The predicted molar refractivity (Wildman–Crippen MR) is 109 cm³/mol. The highest BCUT2D eigenvalue weighted by molar-refractivity contribution is 6.03. The lowest BCUT2D eigenvalue weighted by molar-refractivity contribution is 0.102. The van der Waals surface area contributed by atoms with E-state index in [4.69, 9.17) is 0 Å². The fourth-order valence-electron chi connectivity index (χ4n) is 3.40. The molecule has 7 heteroatoms. The third-order valence-electron chi connectivity index (χ3n) is 4.94. The summed E-state index contributed by atoms with van der Waals surface area (Å²) >= 11 is 0. The topological polar surface area (TPSA) is 48.5 Å². The van der Waals surface area contributed by atoms with Gasteiger partial charge in [0.05, 0.1) is 0 Å². The largest absolute Gasteiger partial charge is 0.368 e. The summed E-state index contributed by atoms with van der Waals surface area (Å²) in [5.41, 5.74) is 1.68. The van der Waals surface area contributed by atoms with Crippen molar-refractivity contribution in [3.63, 3.8) is 0 Å². The van der Waals surface area contributed by atoms with Crippen LogP contribution >= 0.6 is 0 Å². The van der Waals surface area contributed by atoms with E-state index in [1.54, 1.807) is 6.07 Å². The molecule has 0 unspecified atom stereocenters. The number of benzene rings is 2. The molecule has 1 aliphatic rings. The normalized spacial score (nSPS) is 14.0. The van der Waals surface area contributed by atoms with E-state index < -0.39 is 23.2 Å². The number of pyridine rings is 1. The maximum Gasteiger partial charge on any atom is 0.274 e. The fraction of sp³-hybridized carbons (Fsp3) is 0.182. The quantitative estimate of drug-likeness (QED) is 0.728. The van der Waals surface area contributed by atoms with Gasteiger partial charge in [-0.15, -0.1) is 0 Å². The fourth-order valence-corrected chi connectivity index (χ4v) is 3.40. The molecule has 5 nitrogen and oxygen atoms in total. The minimum atomic E-state index is -0.827. The summed E-state index contributed by atoms with van der Waals surface area (Å²) in [6.07, 6.45) is 1.53. The number of piperazine rings is 1. The number of amides is 1. The maximum absolute atomic E-state index is 13.8.